The molecule has 1 aromatic heterocycles. The molecule has 102 valence electrons. The van der Waals surface area contributed by atoms with Gasteiger partial charge in [0.1, 0.15) is 17.0 Å². The molecule has 0 fully saturated rings. The van der Waals surface area contributed by atoms with Gasteiger partial charge in [-0.3, -0.25) is 0 Å². The second-order valence-electron chi connectivity index (χ2n) is 3.63. The highest BCUT2D eigenvalue weighted by Crippen LogP contribution is 2.31. The van der Waals surface area contributed by atoms with Gasteiger partial charge in [-0.05, 0) is 29.9 Å². The summed E-state index contributed by atoms with van der Waals surface area (Å²) in [7, 11) is 0. The summed E-state index contributed by atoms with van der Waals surface area (Å²) >= 11 is 9.33. The number of aromatic nitrogens is 1. The molecule has 0 amide bonds. The summed E-state index contributed by atoms with van der Waals surface area (Å²) in [5.74, 6) is 0.295. The smallest absolute Gasteiger partial charge is 0.390 e. The van der Waals surface area contributed by atoms with E-state index in [1.165, 1.54) is 0 Å². The molecule has 1 aromatic rings. The molecule has 18 heavy (non-hydrogen) atoms. The molecule has 0 aromatic carbocycles. The standard InChI is InChI=1S/C10H11ClF3NO2S/c11-8-4-5(9(17)6(16)1-2-18)3-7(15-8)10(12,13)14/h3-4,6,9,16-18H,1-2H2. The molecule has 1 rings (SSSR count). The fourth-order valence-corrected chi connectivity index (χ4v) is 1.83. The lowest BCUT2D eigenvalue weighted by Gasteiger charge is -2.18. The van der Waals surface area contributed by atoms with Crippen molar-refractivity contribution in [2.24, 2.45) is 0 Å². The van der Waals surface area contributed by atoms with E-state index >= 15 is 0 Å². The van der Waals surface area contributed by atoms with Crippen molar-refractivity contribution in [3.63, 3.8) is 0 Å². The maximum absolute atomic E-state index is 12.5. The summed E-state index contributed by atoms with van der Waals surface area (Å²) in [5, 5.41) is 18.8. The third-order valence-corrected chi connectivity index (χ3v) is 2.69. The number of nitrogens with zero attached hydrogens (tertiary/aromatic N) is 1. The maximum atomic E-state index is 12.5. The van der Waals surface area contributed by atoms with Crippen LogP contribution in [0.3, 0.4) is 0 Å². The Morgan fingerprint density at radius 2 is 1.94 bits per heavy atom. The van der Waals surface area contributed by atoms with Gasteiger partial charge in [0.25, 0.3) is 0 Å². The monoisotopic (exact) mass is 301 g/mol. The lowest BCUT2D eigenvalue weighted by molar-refractivity contribution is -0.141. The minimum atomic E-state index is -4.66. The number of hydrogen-bond acceptors (Lipinski definition) is 4. The zero-order valence-electron chi connectivity index (χ0n) is 9.02. The first-order chi connectivity index (χ1) is 8.25. The largest absolute Gasteiger partial charge is 0.433 e. The Morgan fingerprint density at radius 1 is 1.33 bits per heavy atom. The van der Waals surface area contributed by atoms with Crippen LogP contribution in [0.5, 0.6) is 0 Å². The molecule has 2 atom stereocenters. The summed E-state index contributed by atoms with van der Waals surface area (Å²) in [6.45, 7) is 0. The molecule has 0 aliphatic carbocycles. The Bertz CT molecular complexity index is 417. The number of halogens is 4. The first-order valence-electron chi connectivity index (χ1n) is 4.97. The molecule has 0 saturated carbocycles. The van der Waals surface area contributed by atoms with Gasteiger partial charge in [-0.15, -0.1) is 0 Å². The first kappa shape index (κ1) is 15.6. The van der Waals surface area contributed by atoms with Crippen molar-refractivity contribution in [3.8, 4) is 0 Å². The van der Waals surface area contributed by atoms with Crippen LogP contribution in [0, 0.1) is 0 Å². The van der Waals surface area contributed by atoms with Crippen LogP contribution in [0.4, 0.5) is 13.2 Å². The minimum absolute atomic E-state index is 0.128. The van der Waals surface area contributed by atoms with Gasteiger partial charge in [0.15, 0.2) is 0 Å². The molecule has 2 unspecified atom stereocenters. The molecular formula is C10H11ClF3NO2S. The SMILES string of the molecule is OC(CCS)C(O)c1cc(Cl)nc(C(F)(F)F)c1. The summed E-state index contributed by atoms with van der Waals surface area (Å²) < 4.78 is 37.4. The van der Waals surface area contributed by atoms with Gasteiger partial charge in [-0.25, -0.2) is 4.98 Å². The average Bonchev–Trinajstić information content (AvgIpc) is 2.26. The molecule has 8 heteroatoms. The molecule has 2 N–H and O–H groups in total. The van der Waals surface area contributed by atoms with Crippen LogP contribution in [-0.4, -0.2) is 27.1 Å². The molecule has 1 heterocycles. The van der Waals surface area contributed by atoms with Crippen molar-refractivity contribution in [1.29, 1.82) is 0 Å². The van der Waals surface area contributed by atoms with Crippen LogP contribution in [-0.2, 0) is 6.18 Å². The Morgan fingerprint density at radius 3 is 2.44 bits per heavy atom. The molecule has 0 radical (unpaired) electrons. The predicted molar refractivity (Wildman–Crippen MR) is 63.7 cm³/mol. The van der Waals surface area contributed by atoms with Gasteiger partial charge in [-0.1, -0.05) is 11.6 Å². The van der Waals surface area contributed by atoms with Crippen LogP contribution in [0.1, 0.15) is 23.8 Å². The van der Waals surface area contributed by atoms with Crippen LogP contribution >= 0.6 is 24.2 Å². The van der Waals surface area contributed by atoms with E-state index < -0.39 is 29.2 Å². The van der Waals surface area contributed by atoms with E-state index in [0.717, 1.165) is 6.07 Å². The molecule has 3 nitrogen and oxygen atoms in total. The van der Waals surface area contributed by atoms with Crippen molar-refractivity contribution in [2.75, 3.05) is 5.75 Å². The van der Waals surface area contributed by atoms with Crippen molar-refractivity contribution in [2.45, 2.75) is 24.8 Å². The molecule has 0 saturated heterocycles. The van der Waals surface area contributed by atoms with Crippen molar-refractivity contribution in [3.05, 3.63) is 28.5 Å². The second-order valence-corrected chi connectivity index (χ2v) is 4.47. The topological polar surface area (TPSA) is 53.4 Å². The summed E-state index contributed by atoms with van der Waals surface area (Å²) in [5.41, 5.74) is -1.33. The number of hydrogen-bond donors (Lipinski definition) is 3. The van der Waals surface area contributed by atoms with Crippen molar-refractivity contribution in [1.82, 2.24) is 4.98 Å². The van der Waals surface area contributed by atoms with Crippen molar-refractivity contribution >= 4 is 24.2 Å². The van der Waals surface area contributed by atoms with Crippen LogP contribution in [0.2, 0.25) is 5.15 Å². The van der Waals surface area contributed by atoms with E-state index in [1.807, 2.05) is 0 Å². The van der Waals surface area contributed by atoms with Crippen LogP contribution in [0.15, 0.2) is 12.1 Å². The minimum Gasteiger partial charge on any atom is -0.390 e. The van der Waals surface area contributed by atoms with Gasteiger partial charge < -0.3 is 10.2 Å². The first-order valence-corrected chi connectivity index (χ1v) is 5.98. The van der Waals surface area contributed by atoms with Gasteiger partial charge in [-0.2, -0.15) is 25.8 Å². The maximum Gasteiger partial charge on any atom is 0.433 e. The Kier molecular flexibility index (Phi) is 5.27. The highest BCUT2D eigenvalue weighted by Gasteiger charge is 2.34. The summed E-state index contributed by atoms with van der Waals surface area (Å²) in [6.07, 6.45) is -7.18. The Labute approximate surface area is 112 Å². The normalized spacial score (nSPS) is 15.5. The van der Waals surface area contributed by atoms with E-state index in [1.54, 1.807) is 0 Å². The third kappa shape index (κ3) is 4.01. The zero-order chi connectivity index (χ0) is 13.9. The van der Waals surface area contributed by atoms with E-state index in [4.69, 9.17) is 11.6 Å². The van der Waals surface area contributed by atoms with E-state index in [0.29, 0.717) is 11.8 Å². The average molecular weight is 302 g/mol. The molecule has 0 aliphatic rings. The number of rotatable bonds is 4. The fraction of sp³-hybridized carbons (Fsp3) is 0.500. The number of aliphatic hydroxyl groups excluding tert-OH is 2. The molecule has 0 spiro atoms. The highest BCUT2D eigenvalue weighted by atomic mass is 35.5. The highest BCUT2D eigenvalue weighted by molar-refractivity contribution is 7.80. The molecular weight excluding hydrogens is 291 g/mol. The summed E-state index contributed by atoms with van der Waals surface area (Å²) in [4.78, 5) is 3.13. The Hall–Kier alpha value is -0.500. The van der Waals surface area contributed by atoms with E-state index in [-0.39, 0.29) is 12.0 Å². The zero-order valence-corrected chi connectivity index (χ0v) is 10.7. The number of pyridine rings is 1. The third-order valence-electron chi connectivity index (χ3n) is 2.24. The van der Waals surface area contributed by atoms with Gasteiger partial charge in [0.05, 0.1) is 6.10 Å². The summed E-state index contributed by atoms with van der Waals surface area (Å²) in [6, 6.07) is 1.75. The fourth-order valence-electron chi connectivity index (χ4n) is 1.34. The molecule has 0 aliphatic heterocycles. The number of thiol groups is 1. The van der Waals surface area contributed by atoms with E-state index in [2.05, 4.69) is 17.6 Å². The van der Waals surface area contributed by atoms with Gasteiger partial charge in [0, 0.05) is 0 Å². The van der Waals surface area contributed by atoms with E-state index in [9.17, 15) is 23.4 Å². The molecule has 0 bridgehead atoms. The van der Waals surface area contributed by atoms with Gasteiger partial charge in [0.2, 0.25) is 0 Å². The van der Waals surface area contributed by atoms with Gasteiger partial charge >= 0.3 is 6.18 Å². The van der Waals surface area contributed by atoms with Crippen LogP contribution < -0.4 is 0 Å². The van der Waals surface area contributed by atoms with Crippen LogP contribution in [0.25, 0.3) is 0 Å². The van der Waals surface area contributed by atoms with Crippen molar-refractivity contribution < 1.29 is 23.4 Å². The second kappa shape index (κ2) is 6.10. The quantitative estimate of drug-likeness (QED) is 0.591. The predicted octanol–water partition coefficient (Wildman–Crippen LogP) is 2.47. The lowest BCUT2D eigenvalue weighted by atomic mass is 10.0. The number of alkyl halides is 3. The Balaban J connectivity index is 3.06. The lowest BCUT2D eigenvalue weighted by Crippen LogP contribution is -2.20. The number of aliphatic hydroxyl groups is 2.